The molecule has 3 aromatic carbocycles. The van der Waals surface area contributed by atoms with Gasteiger partial charge in [-0.25, -0.2) is 8.42 Å². The van der Waals surface area contributed by atoms with Crippen LogP contribution in [0, 0.1) is 13.8 Å². The molecule has 1 heterocycles. The minimum atomic E-state index is -3.99. The number of benzene rings is 3. The van der Waals surface area contributed by atoms with Crippen molar-refractivity contribution >= 4 is 38.9 Å². The molecule has 1 fully saturated rings. The maximum atomic E-state index is 13.1. The molecule has 0 aromatic heterocycles. The van der Waals surface area contributed by atoms with E-state index in [1.807, 2.05) is 38.1 Å². The van der Waals surface area contributed by atoms with Crippen molar-refractivity contribution in [2.24, 2.45) is 0 Å². The summed E-state index contributed by atoms with van der Waals surface area (Å²) >= 11 is 6.22. The summed E-state index contributed by atoms with van der Waals surface area (Å²) in [6.45, 7) is 6.20. The van der Waals surface area contributed by atoms with Gasteiger partial charge in [-0.3, -0.25) is 9.52 Å². The lowest BCUT2D eigenvalue weighted by Gasteiger charge is -2.28. The topological polar surface area (TPSA) is 78.5 Å². The second-order valence-corrected chi connectivity index (χ2v) is 11.0. The Morgan fingerprint density at radius 1 is 0.943 bits per heavy atom. The van der Waals surface area contributed by atoms with Gasteiger partial charge in [-0.15, -0.1) is 0 Å². The lowest BCUT2D eigenvalue weighted by molar-refractivity contribution is 0.0950. The van der Waals surface area contributed by atoms with Crippen LogP contribution in [0.25, 0.3) is 0 Å². The highest BCUT2D eigenvalue weighted by molar-refractivity contribution is 7.92. The predicted octanol–water partition coefficient (Wildman–Crippen LogP) is 5.68. The van der Waals surface area contributed by atoms with E-state index in [1.54, 1.807) is 6.07 Å². The third kappa shape index (κ3) is 6.16. The van der Waals surface area contributed by atoms with Crippen LogP contribution in [0.5, 0.6) is 0 Å². The van der Waals surface area contributed by atoms with Crippen LogP contribution in [-0.2, 0) is 16.6 Å². The zero-order valence-corrected chi connectivity index (χ0v) is 21.5. The molecular formula is C27H30ClN3O3S. The fraction of sp³-hybridized carbons (Fsp3) is 0.296. The van der Waals surface area contributed by atoms with E-state index in [2.05, 4.69) is 27.1 Å². The molecule has 1 saturated heterocycles. The number of nitrogens with zero attached hydrogens (tertiary/aromatic N) is 1. The molecule has 0 saturated carbocycles. The molecule has 0 bridgehead atoms. The molecule has 1 aliphatic heterocycles. The van der Waals surface area contributed by atoms with E-state index in [4.69, 9.17) is 11.6 Å². The molecule has 1 aliphatic rings. The van der Waals surface area contributed by atoms with E-state index in [-0.39, 0.29) is 21.4 Å². The van der Waals surface area contributed by atoms with Crippen molar-refractivity contribution in [3.8, 4) is 0 Å². The third-order valence-corrected chi connectivity index (χ3v) is 8.08. The standard InChI is InChI=1S/C27H30ClN3O3S/c1-19-6-7-20(2)25(16-19)30-35(33,34)26-17-22(10-13-24(26)28)27(32)29-18-21-8-11-23(12-9-21)31-14-4-3-5-15-31/h6-13,16-17,30H,3-5,14-15,18H2,1-2H3,(H,29,32). The quantitative estimate of drug-likeness (QED) is 0.428. The molecule has 0 atom stereocenters. The Hall–Kier alpha value is -3.03. The summed E-state index contributed by atoms with van der Waals surface area (Å²) < 4.78 is 28.7. The minimum Gasteiger partial charge on any atom is -0.372 e. The fourth-order valence-corrected chi connectivity index (χ4v) is 5.81. The van der Waals surface area contributed by atoms with E-state index in [0.29, 0.717) is 12.2 Å². The van der Waals surface area contributed by atoms with E-state index in [9.17, 15) is 13.2 Å². The van der Waals surface area contributed by atoms with Crippen molar-refractivity contribution in [3.05, 3.63) is 87.9 Å². The Morgan fingerprint density at radius 2 is 1.66 bits per heavy atom. The largest absolute Gasteiger partial charge is 0.372 e. The van der Waals surface area contributed by atoms with Crippen LogP contribution < -0.4 is 14.9 Å². The van der Waals surface area contributed by atoms with E-state index < -0.39 is 10.0 Å². The zero-order chi connectivity index (χ0) is 25.0. The molecule has 0 aliphatic carbocycles. The van der Waals surface area contributed by atoms with Gasteiger partial charge in [-0.05, 0) is 86.2 Å². The van der Waals surface area contributed by atoms with Gasteiger partial charge in [0.15, 0.2) is 0 Å². The van der Waals surface area contributed by atoms with Gasteiger partial charge in [0.1, 0.15) is 4.90 Å². The second-order valence-electron chi connectivity index (χ2n) is 8.97. The molecule has 2 N–H and O–H groups in total. The normalized spacial score (nSPS) is 14.0. The molecule has 6 nitrogen and oxygen atoms in total. The molecule has 184 valence electrons. The predicted molar refractivity (Wildman–Crippen MR) is 142 cm³/mol. The molecule has 1 amide bonds. The van der Waals surface area contributed by atoms with Gasteiger partial charge < -0.3 is 10.2 Å². The van der Waals surface area contributed by atoms with Crippen molar-refractivity contribution in [1.29, 1.82) is 0 Å². The number of halogens is 1. The second kappa shape index (κ2) is 10.7. The summed E-state index contributed by atoms with van der Waals surface area (Å²) in [6, 6.07) is 18.0. The van der Waals surface area contributed by atoms with E-state index in [0.717, 1.165) is 29.8 Å². The zero-order valence-electron chi connectivity index (χ0n) is 20.0. The van der Waals surface area contributed by atoms with Gasteiger partial charge in [0, 0.05) is 30.9 Å². The Bertz CT molecular complexity index is 1320. The summed E-state index contributed by atoms with van der Waals surface area (Å²) in [5.41, 5.74) is 4.58. The van der Waals surface area contributed by atoms with Crippen molar-refractivity contribution < 1.29 is 13.2 Å². The summed E-state index contributed by atoms with van der Waals surface area (Å²) in [5, 5.41) is 2.92. The summed E-state index contributed by atoms with van der Waals surface area (Å²) in [7, 11) is -3.99. The van der Waals surface area contributed by atoms with Crippen molar-refractivity contribution in [2.75, 3.05) is 22.7 Å². The average Bonchev–Trinajstić information content (AvgIpc) is 2.85. The van der Waals surface area contributed by atoms with Crippen LogP contribution in [0.15, 0.2) is 65.6 Å². The number of anilines is 2. The number of carbonyl (C=O) groups excluding carboxylic acids is 1. The Labute approximate surface area is 212 Å². The Morgan fingerprint density at radius 3 is 2.37 bits per heavy atom. The first kappa shape index (κ1) is 25.1. The fourth-order valence-electron chi connectivity index (χ4n) is 4.16. The number of hydrogen-bond acceptors (Lipinski definition) is 4. The van der Waals surface area contributed by atoms with Crippen LogP contribution in [0.1, 0.15) is 46.3 Å². The van der Waals surface area contributed by atoms with Crippen LogP contribution in [-0.4, -0.2) is 27.4 Å². The highest BCUT2D eigenvalue weighted by Gasteiger charge is 2.21. The first-order valence-electron chi connectivity index (χ1n) is 11.7. The maximum Gasteiger partial charge on any atom is 0.263 e. The molecule has 0 unspecified atom stereocenters. The van der Waals surface area contributed by atoms with Crippen LogP contribution in [0.2, 0.25) is 5.02 Å². The van der Waals surface area contributed by atoms with Crippen molar-refractivity contribution in [3.63, 3.8) is 0 Å². The number of hydrogen-bond donors (Lipinski definition) is 2. The minimum absolute atomic E-state index is 0.0488. The van der Waals surface area contributed by atoms with E-state index >= 15 is 0 Å². The maximum absolute atomic E-state index is 13.1. The molecule has 0 spiro atoms. The smallest absolute Gasteiger partial charge is 0.263 e. The average molecular weight is 512 g/mol. The van der Waals surface area contributed by atoms with Gasteiger partial charge in [0.25, 0.3) is 15.9 Å². The Kier molecular flexibility index (Phi) is 7.67. The molecule has 35 heavy (non-hydrogen) atoms. The highest BCUT2D eigenvalue weighted by Crippen LogP contribution is 2.27. The van der Waals surface area contributed by atoms with Gasteiger partial charge in [0.05, 0.1) is 10.7 Å². The van der Waals surface area contributed by atoms with Crippen molar-refractivity contribution in [2.45, 2.75) is 44.6 Å². The molecular weight excluding hydrogens is 482 g/mol. The number of rotatable bonds is 7. The van der Waals surface area contributed by atoms with Crippen LogP contribution >= 0.6 is 11.6 Å². The lowest BCUT2D eigenvalue weighted by atomic mass is 10.1. The molecule has 4 rings (SSSR count). The SMILES string of the molecule is Cc1ccc(C)c(NS(=O)(=O)c2cc(C(=O)NCc3ccc(N4CCCCC4)cc3)ccc2Cl)c1. The number of piperidine rings is 1. The molecule has 8 heteroatoms. The molecule has 3 aromatic rings. The van der Waals surface area contributed by atoms with Crippen LogP contribution in [0.3, 0.4) is 0 Å². The number of amides is 1. The van der Waals surface area contributed by atoms with Gasteiger partial charge in [-0.2, -0.15) is 0 Å². The lowest BCUT2D eigenvalue weighted by Crippen LogP contribution is -2.29. The number of carbonyl (C=O) groups is 1. The highest BCUT2D eigenvalue weighted by atomic mass is 35.5. The Balaban J connectivity index is 1.45. The summed E-state index contributed by atoms with van der Waals surface area (Å²) in [4.78, 5) is 15.0. The number of nitrogens with one attached hydrogen (secondary N) is 2. The third-order valence-electron chi connectivity index (χ3n) is 6.23. The first-order chi connectivity index (χ1) is 16.7. The summed E-state index contributed by atoms with van der Waals surface area (Å²) in [5.74, 6) is -0.370. The van der Waals surface area contributed by atoms with E-state index in [1.165, 1.54) is 43.1 Å². The van der Waals surface area contributed by atoms with Crippen molar-refractivity contribution in [1.82, 2.24) is 5.32 Å². The monoisotopic (exact) mass is 511 g/mol. The summed E-state index contributed by atoms with van der Waals surface area (Å²) in [6.07, 6.45) is 3.73. The van der Waals surface area contributed by atoms with Gasteiger partial charge in [0.2, 0.25) is 0 Å². The van der Waals surface area contributed by atoms with Gasteiger partial charge in [-0.1, -0.05) is 35.9 Å². The molecule has 0 radical (unpaired) electrons. The first-order valence-corrected chi connectivity index (χ1v) is 13.6. The number of aryl methyl sites for hydroxylation is 2. The van der Waals surface area contributed by atoms with Crippen LogP contribution in [0.4, 0.5) is 11.4 Å². The van der Waals surface area contributed by atoms with Gasteiger partial charge >= 0.3 is 0 Å². The number of sulfonamides is 1.